The Morgan fingerprint density at radius 3 is 2.61 bits per heavy atom. The van der Waals surface area contributed by atoms with Crippen LogP contribution in [0.25, 0.3) is 0 Å². The quantitative estimate of drug-likeness (QED) is 0.815. The Morgan fingerprint density at radius 1 is 1.33 bits per heavy atom. The molecule has 102 valence electrons. The third kappa shape index (κ3) is 3.97. The summed E-state index contributed by atoms with van der Waals surface area (Å²) >= 11 is 7.51. The van der Waals surface area contributed by atoms with Crippen LogP contribution in [0.2, 0.25) is 4.34 Å². The van der Waals surface area contributed by atoms with E-state index in [0.29, 0.717) is 5.92 Å². The molecule has 1 aromatic heterocycles. The summed E-state index contributed by atoms with van der Waals surface area (Å²) in [5, 5.41) is 10.3. The molecule has 3 heteroatoms. The normalized spacial score (nSPS) is 26.2. The molecule has 0 spiro atoms. The molecule has 0 aromatic carbocycles. The fraction of sp³-hybridized carbons (Fsp3) is 0.733. The van der Waals surface area contributed by atoms with E-state index < -0.39 is 0 Å². The number of aliphatic hydroxyl groups is 1. The van der Waals surface area contributed by atoms with Crippen LogP contribution in [0.3, 0.4) is 0 Å². The van der Waals surface area contributed by atoms with E-state index in [2.05, 4.69) is 6.92 Å². The molecule has 0 amide bonds. The van der Waals surface area contributed by atoms with Crippen LogP contribution in [0.1, 0.15) is 50.3 Å². The van der Waals surface area contributed by atoms with Crippen LogP contribution < -0.4 is 0 Å². The van der Waals surface area contributed by atoms with Gasteiger partial charge in [-0.1, -0.05) is 44.2 Å². The average Bonchev–Trinajstić information content (AvgIpc) is 2.76. The third-order valence-corrected chi connectivity index (χ3v) is 5.43. The topological polar surface area (TPSA) is 20.2 Å². The highest BCUT2D eigenvalue weighted by Gasteiger charge is 2.26. The van der Waals surface area contributed by atoms with E-state index in [1.165, 1.54) is 43.4 Å². The van der Waals surface area contributed by atoms with Gasteiger partial charge in [-0.3, -0.25) is 0 Å². The van der Waals surface area contributed by atoms with E-state index in [1.54, 1.807) is 11.3 Å². The van der Waals surface area contributed by atoms with Gasteiger partial charge in [0.25, 0.3) is 0 Å². The standard InChI is InChI=1S/C15H23ClOS/c1-2-3-11-4-6-12(7-5-11)14(17)10-13-8-9-15(16)18-13/h8-9,11-12,14,17H,2-7,10H2,1H3. The van der Waals surface area contributed by atoms with Crippen LogP contribution in [0.15, 0.2) is 12.1 Å². The molecule has 0 bridgehead atoms. The van der Waals surface area contributed by atoms with Crippen molar-refractivity contribution in [2.24, 2.45) is 11.8 Å². The SMILES string of the molecule is CCCC1CCC(C(O)Cc2ccc(Cl)s2)CC1. The molecule has 0 aliphatic heterocycles. The second kappa shape index (κ2) is 6.93. The first-order valence-corrected chi connectivity index (χ1v) is 8.30. The molecule has 0 radical (unpaired) electrons. The largest absolute Gasteiger partial charge is 0.392 e. The van der Waals surface area contributed by atoms with Gasteiger partial charge in [0.2, 0.25) is 0 Å². The number of halogens is 1. The van der Waals surface area contributed by atoms with Crippen molar-refractivity contribution in [3.05, 3.63) is 21.3 Å². The predicted molar refractivity (Wildman–Crippen MR) is 79.4 cm³/mol. The molecule has 1 aliphatic carbocycles. The lowest BCUT2D eigenvalue weighted by Crippen LogP contribution is -2.27. The molecule has 1 fully saturated rings. The summed E-state index contributed by atoms with van der Waals surface area (Å²) < 4.78 is 0.823. The molecule has 2 rings (SSSR count). The van der Waals surface area contributed by atoms with E-state index in [0.717, 1.165) is 16.7 Å². The highest BCUT2D eigenvalue weighted by Crippen LogP contribution is 2.34. The van der Waals surface area contributed by atoms with Crippen molar-refractivity contribution in [2.45, 2.75) is 58.0 Å². The molecule has 1 aromatic rings. The Bertz CT molecular complexity index is 355. The van der Waals surface area contributed by atoms with Gasteiger partial charge in [0.1, 0.15) is 0 Å². The molecular weight excluding hydrogens is 264 g/mol. The lowest BCUT2D eigenvalue weighted by Gasteiger charge is -2.31. The maximum Gasteiger partial charge on any atom is 0.0931 e. The summed E-state index contributed by atoms with van der Waals surface area (Å²) in [6.07, 6.45) is 8.27. The fourth-order valence-corrected chi connectivity index (χ4v) is 4.24. The second-order valence-corrected chi connectivity index (χ2v) is 7.35. The van der Waals surface area contributed by atoms with Crippen LogP contribution in [0, 0.1) is 11.8 Å². The highest BCUT2D eigenvalue weighted by atomic mass is 35.5. The Labute approximate surface area is 119 Å². The van der Waals surface area contributed by atoms with E-state index in [4.69, 9.17) is 11.6 Å². The summed E-state index contributed by atoms with van der Waals surface area (Å²) in [5.41, 5.74) is 0. The maximum absolute atomic E-state index is 10.3. The zero-order valence-electron chi connectivity index (χ0n) is 11.1. The molecule has 1 nitrogen and oxygen atoms in total. The van der Waals surface area contributed by atoms with E-state index >= 15 is 0 Å². The summed E-state index contributed by atoms with van der Waals surface area (Å²) in [6.45, 7) is 2.27. The lowest BCUT2D eigenvalue weighted by molar-refractivity contribution is 0.0734. The minimum atomic E-state index is -0.178. The van der Waals surface area contributed by atoms with Gasteiger partial charge in [0, 0.05) is 11.3 Å². The summed E-state index contributed by atoms with van der Waals surface area (Å²) in [6, 6.07) is 3.96. The first kappa shape index (κ1) is 14.4. The molecule has 0 saturated heterocycles. The van der Waals surface area contributed by atoms with E-state index in [1.807, 2.05) is 12.1 Å². The van der Waals surface area contributed by atoms with Crippen molar-refractivity contribution in [2.75, 3.05) is 0 Å². The van der Waals surface area contributed by atoms with E-state index in [-0.39, 0.29) is 6.10 Å². The fourth-order valence-electron chi connectivity index (χ4n) is 3.10. The molecule has 1 saturated carbocycles. The Hall–Kier alpha value is -0.0500. The van der Waals surface area contributed by atoms with Crippen molar-refractivity contribution >= 4 is 22.9 Å². The Balaban J connectivity index is 1.78. The van der Waals surface area contributed by atoms with Crippen LogP contribution in [-0.2, 0) is 6.42 Å². The molecule has 1 heterocycles. The van der Waals surface area contributed by atoms with Crippen LogP contribution in [0.5, 0.6) is 0 Å². The van der Waals surface area contributed by atoms with Gasteiger partial charge in [-0.15, -0.1) is 11.3 Å². The van der Waals surface area contributed by atoms with Crippen LogP contribution in [-0.4, -0.2) is 11.2 Å². The number of rotatable bonds is 5. The van der Waals surface area contributed by atoms with Crippen molar-refractivity contribution in [1.82, 2.24) is 0 Å². The smallest absolute Gasteiger partial charge is 0.0931 e. The summed E-state index contributed by atoms with van der Waals surface area (Å²) in [7, 11) is 0. The first-order chi connectivity index (χ1) is 8.69. The molecule has 1 unspecified atom stereocenters. The van der Waals surface area contributed by atoms with E-state index in [9.17, 15) is 5.11 Å². The zero-order valence-corrected chi connectivity index (χ0v) is 12.6. The Morgan fingerprint density at radius 2 is 2.06 bits per heavy atom. The molecule has 1 aliphatic rings. The molecule has 1 atom stereocenters. The predicted octanol–water partition coefficient (Wildman–Crippen LogP) is 4.91. The first-order valence-electron chi connectivity index (χ1n) is 7.11. The van der Waals surface area contributed by atoms with Crippen molar-refractivity contribution in [1.29, 1.82) is 0 Å². The number of hydrogen-bond acceptors (Lipinski definition) is 2. The van der Waals surface area contributed by atoms with Crippen molar-refractivity contribution in [3.63, 3.8) is 0 Å². The molecule has 18 heavy (non-hydrogen) atoms. The van der Waals surface area contributed by atoms with Crippen LogP contribution in [0.4, 0.5) is 0 Å². The molecule has 1 N–H and O–H groups in total. The van der Waals surface area contributed by atoms with Gasteiger partial charge in [0.05, 0.1) is 10.4 Å². The van der Waals surface area contributed by atoms with Gasteiger partial charge < -0.3 is 5.11 Å². The number of hydrogen-bond donors (Lipinski definition) is 1. The van der Waals surface area contributed by atoms with Gasteiger partial charge in [-0.05, 0) is 36.8 Å². The molecular formula is C15H23ClOS. The maximum atomic E-state index is 10.3. The van der Waals surface area contributed by atoms with Gasteiger partial charge in [-0.25, -0.2) is 0 Å². The Kier molecular flexibility index (Phi) is 5.53. The van der Waals surface area contributed by atoms with Crippen LogP contribution >= 0.6 is 22.9 Å². The van der Waals surface area contributed by atoms with Gasteiger partial charge >= 0.3 is 0 Å². The minimum absolute atomic E-state index is 0.178. The average molecular weight is 287 g/mol. The zero-order chi connectivity index (χ0) is 13.0. The number of aliphatic hydroxyl groups excluding tert-OH is 1. The minimum Gasteiger partial charge on any atom is -0.392 e. The monoisotopic (exact) mass is 286 g/mol. The van der Waals surface area contributed by atoms with Gasteiger partial charge in [-0.2, -0.15) is 0 Å². The van der Waals surface area contributed by atoms with Gasteiger partial charge in [0.15, 0.2) is 0 Å². The van der Waals surface area contributed by atoms with Crippen molar-refractivity contribution in [3.8, 4) is 0 Å². The number of thiophene rings is 1. The third-order valence-electron chi connectivity index (χ3n) is 4.17. The summed E-state index contributed by atoms with van der Waals surface area (Å²) in [4.78, 5) is 1.21. The highest BCUT2D eigenvalue weighted by molar-refractivity contribution is 7.16. The second-order valence-electron chi connectivity index (χ2n) is 5.55. The lowest BCUT2D eigenvalue weighted by atomic mass is 9.77. The van der Waals surface area contributed by atoms with Crippen molar-refractivity contribution < 1.29 is 5.11 Å². The summed E-state index contributed by atoms with van der Waals surface area (Å²) in [5.74, 6) is 1.41.